The van der Waals surface area contributed by atoms with Gasteiger partial charge in [0.2, 0.25) is 6.54 Å². The lowest BCUT2D eigenvalue weighted by atomic mass is 9.94. The first-order valence-corrected chi connectivity index (χ1v) is 6.78. The summed E-state index contributed by atoms with van der Waals surface area (Å²) in [6.45, 7) is 1.81. The summed E-state index contributed by atoms with van der Waals surface area (Å²) < 4.78 is 7.52. The van der Waals surface area contributed by atoms with E-state index in [4.69, 9.17) is 4.42 Å². The van der Waals surface area contributed by atoms with Crippen LogP contribution in [0.2, 0.25) is 0 Å². The van der Waals surface area contributed by atoms with Crippen molar-refractivity contribution < 1.29 is 9.34 Å². The molecule has 0 radical (unpaired) electrons. The maximum atomic E-state index is 11.1. The molecule has 0 aliphatic rings. The summed E-state index contributed by atoms with van der Waals surface area (Å²) in [5.41, 5.74) is 3.07. The SMILES string of the molecule is Cc1c(C(C[N+](=O)[O-])c2ccco2)c2ccccc2n1C. The Kier molecular flexibility index (Phi) is 3.25. The number of hydrogen-bond acceptors (Lipinski definition) is 3. The Balaban J connectivity index is 2.24. The van der Waals surface area contributed by atoms with E-state index in [1.165, 1.54) is 0 Å². The Hall–Kier alpha value is -2.56. The van der Waals surface area contributed by atoms with Crippen LogP contribution in [0.25, 0.3) is 10.9 Å². The quantitative estimate of drug-likeness (QED) is 0.544. The van der Waals surface area contributed by atoms with E-state index in [1.54, 1.807) is 18.4 Å². The standard InChI is InChI=1S/C16H16N2O3/c1-11-16(12-6-3-4-7-14(12)17(11)2)13(10-18(19)20)15-8-5-9-21-15/h3-9,13H,10H2,1-2H3. The molecule has 0 N–H and O–H groups in total. The summed E-state index contributed by atoms with van der Waals surface area (Å²) in [4.78, 5) is 10.8. The number of hydrogen-bond donors (Lipinski definition) is 0. The Morgan fingerprint density at radius 1 is 1.29 bits per heavy atom. The molecule has 1 aromatic carbocycles. The van der Waals surface area contributed by atoms with Crippen LogP contribution in [0.5, 0.6) is 0 Å². The highest BCUT2D eigenvalue weighted by Crippen LogP contribution is 2.35. The zero-order chi connectivity index (χ0) is 15.0. The van der Waals surface area contributed by atoms with Crippen molar-refractivity contribution in [1.82, 2.24) is 4.57 Å². The number of aryl methyl sites for hydroxylation is 1. The van der Waals surface area contributed by atoms with Gasteiger partial charge in [-0.05, 0) is 30.7 Å². The van der Waals surface area contributed by atoms with E-state index >= 15 is 0 Å². The zero-order valence-corrected chi connectivity index (χ0v) is 11.9. The molecular weight excluding hydrogens is 268 g/mol. The van der Waals surface area contributed by atoms with Crippen molar-refractivity contribution in [2.75, 3.05) is 6.54 Å². The molecule has 0 saturated carbocycles. The van der Waals surface area contributed by atoms with Crippen LogP contribution < -0.4 is 0 Å². The molecule has 21 heavy (non-hydrogen) atoms. The van der Waals surface area contributed by atoms with Gasteiger partial charge in [-0.3, -0.25) is 10.1 Å². The number of aromatic nitrogens is 1. The molecule has 108 valence electrons. The molecule has 2 heterocycles. The largest absolute Gasteiger partial charge is 0.468 e. The molecule has 0 aliphatic heterocycles. The fraction of sp³-hybridized carbons (Fsp3) is 0.250. The highest BCUT2D eigenvalue weighted by molar-refractivity contribution is 5.86. The van der Waals surface area contributed by atoms with Gasteiger partial charge in [0.15, 0.2) is 0 Å². The van der Waals surface area contributed by atoms with E-state index in [0.29, 0.717) is 5.76 Å². The smallest absolute Gasteiger partial charge is 0.217 e. The van der Waals surface area contributed by atoms with Gasteiger partial charge in [-0.2, -0.15) is 0 Å². The van der Waals surface area contributed by atoms with Crippen LogP contribution in [-0.2, 0) is 7.05 Å². The van der Waals surface area contributed by atoms with Crippen LogP contribution in [0.3, 0.4) is 0 Å². The molecule has 5 nitrogen and oxygen atoms in total. The minimum atomic E-state index is -0.374. The summed E-state index contributed by atoms with van der Waals surface area (Å²) >= 11 is 0. The van der Waals surface area contributed by atoms with Crippen LogP contribution in [0.4, 0.5) is 0 Å². The summed E-state index contributed by atoms with van der Waals surface area (Å²) in [6, 6.07) is 11.5. The zero-order valence-electron chi connectivity index (χ0n) is 11.9. The molecular formula is C16H16N2O3. The number of benzene rings is 1. The molecule has 0 bridgehead atoms. The van der Waals surface area contributed by atoms with Gasteiger partial charge in [-0.15, -0.1) is 0 Å². The molecule has 3 rings (SSSR count). The topological polar surface area (TPSA) is 61.2 Å². The van der Waals surface area contributed by atoms with Crippen molar-refractivity contribution in [3.8, 4) is 0 Å². The summed E-state index contributed by atoms with van der Waals surface area (Å²) in [7, 11) is 1.98. The summed E-state index contributed by atoms with van der Waals surface area (Å²) in [6.07, 6.45) is 1.56. The number of nitrogens with zero attached hydrogens (tertiary/aromatic N) is 2. The molecule has 3 aromatic rings. The third-order valence-corrected chi connectivity index (χ3v) is 4.02. The Morgan fingerprint density at radius 3 is 2.71 bits per heavy atom. The number of furan rings is 1. The van der Waals surface area contributed by atoms with Crippen LogP contribution in [0.15, 0.2) is 47.1 Å². The number of rotatable bonds is 4. The number of para-hydroxylation sites is 1. The minimum absolute atomic E-state index is 0.178. The molecule has 2 aromatic heterocycles. The lowest BCUT2D eigenvalue weighted by Crippen LogP contribution is -2.14. The van der Waals surface area contributed by atoms with Crippen LogP contribution in [-0.4, -0.2) is 16.0 Å². The third-order valence-electron chi connectivity index (χ3n) is 4.02. The molecule has 5 heteroatoms. The van der Waals surface area contributed by atoms with E-state index in [0.717, 1.165) is 22.2 Å². The molecule has 0 saturated heterocycles. The fourth-order valence-corrected chi connectivity index (χ4v) is 2.95. The van der Waals surface area contributed by atoms with Gasteiger partial charge in [0.05, 0.1) is 6.26 Å². The molecule has 0 fully saturated rings. The molecule has 1 atom stereocenters. The highest BCUT2D eigenvalue weighted by Gasteiger charge is 2.28. The van der Waals surface area contributed by atoms with E-state index in [-0.39, 0.29) is 17.4 Å². The monoisotopic (exact) mass is 284 g/mol. The highest BCUT2D eigenvalue weighted by atomic mass is 16.6. The van der Waals surface area contributed by atoms with Gasteiger partial charge in [0.25, 0.3) is 0 Å². The first-order chi connectivity index (χ1) is 10.1. The number of fused-ring (bicyclic) bond motifs is 1. The van der Waals surface area contributed by atoms with Crippen LogP contribution >= 0.6 is 0 Å². The lowest BCUT2D eigenvalue weighted by Gasteiger charge is -2.11. The van der Waals surface area contributed by atoms with Crippen LogP contribution in [0.1, 0.15) is 22.9 Å². The van der Waals surface area contributed by atoms with Crippen molar-refractivity contribution in [3.63, 3.8) is 0 Å². The Labute approximate surface area is 121 Å². The Bertz CT molecular complexity index is 787. The summed E-state index contributed by atoms with van der Waals surface area (Å²) in [5, 5.41) is 12.1. The van der Waals surface area contributed by atoms with Gasteiger partial charge in [-0.25, -0.2) is 0 Å². The van der Waals surface area contributed by atoms with E-state index in [2.05, 4.69) is 4.57 Å². The van der Waals surface area contributed by atoms with Crippen molar-refractivity contribution in [2.45, 2.75) is 12.8 Å². The van der Waals surface area contributed by atoms with E-state index < -0.39 is 0 Å². The third kappa shape index (κ3) is 2.20. The van der Waals surface area contributed by atoms with Crippen molar-refractivity contribution >= 4 is 10.9 Å². The first kappa shape index (κ1) is 13.4. The van der Waals surface area contributed by atoms with Crippen molar-refractivity contribution in [3.05, 3.63) is 69.8 Å². The minimum Gasteiger partial charge on any atom is -0.468 e. The van der Waals surface area contributed by atoms with Gasteiger partial charge in [-0.1, -0.05) is 18.2 Å². The molecule has 0 amide bonds. The number of nitro groups is 1. The van der Waals surface area contributed by atoms with Gasteiger partial charge in [0, 0.05) is 28.6 Å². The van der Waals surface area contributed by atoms with Gasteiger partial charge < -0.3 is 8.98 Å². The average molecular weight is 284 g/mol. The van der Waals surface area contributed by atoms with Crippen molar-refractivity contribution in [1.29, 1.82) is 0 Å². The maximum Gasteiger partial charge on any atom is 0.217 e. The van der Waals surface area contributed by atoms with E-state index in [9.17, 15) is 10.1 Å². The Morgan fingerprint density at radius 2 is 2.05 bits per heavy atom. The second-order valence-electron chi connectivity index (χ2n) is 5.16. The normalized spacial score (nSPS) is 12.7. The predicted octanol–water partition coefficient (Wildman–Crippen LogP) is 3.49. The second-order valence-corrected chi connectivity index (χ2v) is 5.16. The predicted molar refractivity (Wildman–Crippen MR) is 80.1 cm³/mol. The van der Waals surface area contributed by atoms with Gasteiger partial charge >= 0.3 is 0 Å². The molecule has 0 spiro atoms. The fourth-order valence-electron chi connectivity index (χ4n) is 2.95. The second kappa shape index (κ2) is 5.09. The lowest BCUT2D eigenvalue weighted by molar-refractivity contribution is -0.482. The van der Waals surface area contributed by atoms with Crippen LogP contribution in [0, 0.1) is 17.0 Å². The average Bonchev–Trinajstić information content (AvgIpc) is 3.06. The van der Waals surface area contributed by atoms with Crippen molar-refractivity contribution in [2.24, 2.45) is 7.05 Å². The first-order valence-electron chi connectivity index (χ1n) is 6.78. The van der Waals surface area contributed by atoms with Gasteiger partial charge in [0.1, 0.15) is 11.7 Å². The molecule has 1 unspecified atom stereocenters. The summed E-state index contributed by atoms with van der Waals surface area (Å²) in [5.74, 6) is 0.257. The van der Waals surface area contributed by atoms with E-state index in [1.807, 2.05) is 38.2 Å². The molecule has 0 aliphatic carbocycles. The maximum absolute atomic E-state index is 11.1.